The number of guanidine groups is 1. The zero-order valence-electron chi connectivity index (χ0n) is 12.6. The number of aliphatic imine (C=N–C) groups is 1. The lowest BCUT2D eigenvalue weighted by atomic mass is 10.1. The van der Waals surface area contributed by atoms with E-state index in [1.165, 1.54) is 11.1 Å². The lowest BCUT2D eigenvalue weighted by Gasteiger charge is -2.11. The van der Waals surface area contributed by atoms with Crippen LogP contribution in [0.1, 0.15) is 18.1 Å². The van der Waals surface area contributed by atoms with E-state index in [1.807, 2.05) is 11.8 Å². The molecule has 20 heavy (non-hydrogen) atoms. The summed E-state index contributed by atoms with van der Waals surface area (Å²) in [5, 5.41) is 6.65. The van der Waals surface area contributed by atoms with E-state index in [2.05, 4.69) is 60.0 Å². The third kappa shape index (κ3) is 8.68. The van der Waals surface area contributed by atoms with Gasteiger partial charge in [0.25, 0.3) is 0 Å². The molecular weight excluding hydrogens is 381 g/mol. The van der Waals surface area contributed by atoms with Gasteiger partial charge in [0, 0.05) is 18.8 Å². The van der Waals surface area contributed by atoms with Crippen molar-refractivity contribution >= 4 is 41.7 Å². The van der Waals surface area contributed by atoms with E-state index >= 15 is 0 Å². The van der Waals surface area contributed by atoms with Crippen LogP contribution in [-0.2, 0) is 6.42 Å². The van der Waals surface area contributed by atoms with Gasteiger partial charge in [0.15, 0.2) is 5.96 Å². The second-order valence-electron chi connectivity index (χ2n) is 4.42. The fraction of sp³-hybridized carbons (Fsp3) is 0.533. The summed E-state index contributed by atoms with van der Waals surface area (Å²) in [5.41, 5.74) is 2.69. The van der Waals surface area contributed by atoms with Crippen molar-refractivity contribution in [1.82, 2.24) is 10.6 Å². The summed E-state index contributed by atoms with van der Waals surface area (Å²) in [6.45, 7) is 6.89. The van der Waals surface area contributed by atoms with E-state index in [0.29, 0.717) is 0 Å². The van der Waals surface area contributed by atoms with Crippen LogP contribution in [0.4, 0.5) is 0 Å². The van der Waals surface area contributed by atoms with E-state index in [0.717, 1.165) is 37.8 Å². The van der Waals surface area contributed by atoms with Gasteiger partial charge in [-0.1, -0.05) is 29.8 Å². The van der Waals surface area contributed by atoms with Gasteiger partial charge in [0.05, 0.1) is 6.54 Å². The first-order valence-corrected chi connectivity index (χ1v) is 8.22. The first-order valence-electron chi connectivity index (χ1n) is 6.83. The summed E-state index contributed by atoms with van der Waals surface area (Å²) in [5.74, 6) is 1.98. The maximum Gasteiger partial charge on any atom is 0.191 e. The van der Waals surface area contributed by atoms with Crippen molar-refractivity contribution in [3.63, 3.8) is 0 Å². The third-order valence-corrected chi connectivity index (χ3v) is 3.29. The molecule has 0 heterocycles. The quantitative estimate of drug-likeness (QED) is 0.316. The van der Waals surface area contributed by atoms with Crippen LogP contribution < -0.4 is 10.6 Å². The highest BCUT2D eigenvalue weighted by atomic mass is 127. The molecule has 0 radical (unpaired) electrons. The Morgan fingerprint density at radius 1 is 1.30 bits per heavy atom. The highest BCUT2D eigenvalue weighted by Gasteiger charge is 1.97. The maximum atomic E-state index is 4.53. The van der Waals surface area contributed by atoms with Crippen LogP contribution in [0, 0.1) is 6.92 Å². The maximum absolute atomic E-state index is 4.53. The number of aryl methyl sites for hydroxylation is 1. The number of nitrogens with one attached hydrogen (secondary N) is 2. The molecule has 0 amide bonds. The molecule has 1 rings (SSSR count). The predicted molar refractivity (Wildman–Crippen MR) is 103 cm³/mol. The Kier molecular flexibility index (Phi) is 12.1. The van der Waals surface area contributed by atoms with Crippen molar-refractivity contribution in [3.8, 4) is 0 Å². The Hall–Kier alpha value is -0.430. The van der Waals surface area contributed by atoms with Crippen molar-refractivity contribution in [3.05, 3.63) is 35.4 Å². The topological polar surface area (TPSA) is 36.4 Å². The Bertz CT molecular complexity index is 396. The van der Waals surface area contributed by atoms with E-state index < -0.39 is 0 Å². The second-order valence-corrected chi connectivity index (χ2v) is 5.40. The average molecular weight is 407 g/mol. The zero-order valence-corrected chi connectivity index (χ0v) is 15.8. The van der Waals surface area contributed by atoms with Crippen molar-refractivity contribution in [2.75, 3.05) is 31.6 Å². The first kappa shape index (κ1) is 19.6. The van der Waals surface area contributed by atoms with Crippen molar-refractivity contribution in [1.29, 1.82) is 0 Å². The summed E-state index contributed by atoms with van der Waals surface area (Å²) in [6.07, 6.45) is 3.13. The van der Waals surface area contributed by atoms with Crippen molar-refractivity contribution in [2.24, 2.45) is 4.99 Å². The minimum Gasteiger partial charge on any atom is -0.357 e. The number of rotatable bonds is 7. The number of hydrogen-bond donors (Lipinski definition) is 2. The largest absolute Gasteiger partial charge is 0.357 e. The molecule has 0 saturated heterocycles. The molecule has 0 atom stereocenters. The molecule has 0 unspecified atom stereocenters. The van der Waals surface area contributed by atoms with Gasteiger partial charge in [0.1, 0.15) is 0 Å². The predicted octanol–water partition coefficient (Wildman–Crippen LogP) is 3.07. The monoisotopic (exact) mass is 407 g/mol. The standard InChI is InChI=1S/C15H25N3S.HI/c1-4-16-15(18-10-11-19-3)17-9-8-14-7-5-6-13(2)12-14;/h5-7,12H,4,8-11H2,1-3H3,(H2,16,17,18);1H. The summed E-state index contributed by atoms with van der Waals surface area (Å²) in [4.78, 5) is 4.53. The first-order chi connectivity index (χ1) is 9.26. The summed E-state index contributed by atoms with van der Waals surface area (Å²) in [7, 11) is 0. The fourth-order valence-corrected chi connectivity index (χ4v) is 2.06. The Labute approximate surface area is 144 Å². The van der Waals surface area contributed by atoms with Crippen LogP contribution in [0.3, 0.4) is 0 Å². The van der Waals surface area contributed by atoms with E-state index in [4.69, 9.17) is 0 Å². The molecule has 0 aromatic heterocycles. The molecule has 3 nitrogen and oxygen atoms in total. The Morgan fingerprint density at radius 2 is 2.10 bits per heavy atom. The molecule has 0 aliphatic carbocycles. The number of benzene rings is 1. The summed E-state index contributed by atoms with van der Waals surface area (Å²) in [6, 6.07) is 8.65. The summed E-state index contributed by atoms with van der Waals surface area (Å²) < 4.78 is 0. The smallest absolute Gasteiger partial charge is 0.191 e. The van der Waals surface area contributed by atoms with Gasteiger partial charge >= 0.3 is 0 Å². The van der Waals surface area contributed by atoms with Crippen LogP contribution in [0.5, 0.6) is 0 Å². The molecule has 0 fully saturated rings. The molecule has 2 N–H and O–H groups in total. The van der Waals surface area contributed by atoms with Gasteiger partial charge < -0.3 is 10.6 Å². The average Bonchev–Trinajstić information content (AvgIpc) is 2.39. The van der Waals surface area contributed by atoms with E-state index in [9.17, 15) is 0 Å². The molecule has 1 aromatic carbocycles. The zero-order chi connectivity index (χ0) is 13.9. The number of hydrogen-bond acceptors (Lipinski definition) is 2. The Balaban J connectivity index is 0.00000361. The molecule has 0 aliphatic rings. The highest BCUT2D eigenvalue weighted by molar-refractivity contribution is 14.0. The SMILES string of the molecule is CCNC(=NCCSC)NCCc1cccc(C)c1.I. The number of thioether (sulfide) groups is 1. The van der Waals surface area contributed by atoms with Crippen LogP contribution in [0.15, 0.2) is 29.3 Å². The van der Waals surface area contributed by atoms with Crippen molar-refractivity contribution in [2.45, 2.75) is 20.3 Å². The number of halogens is 1. The molecule has 5 heteroatoms. The summed E-state index contributed by atoms with van der Waals surface area (Å²) >= 11 is 1.82. The molecular formula is C15H26IN3S. The van der Waals surface area contributed by atoms with Gasteiger partial charge in [-0.2, -0.15) is 11.8 Å². The second kappa shape index (κ2) is 12.3. The lowest BCUT2D eigenvalue weighted by Crippen LogP contribution is -2.38. The van der Waals surface area contributed by atoms with Crippen LogP contribution in [0.25, 0.3) is 0 Å². The normalized spacial score (nSPS) is 10.8. The van der Waals surface area contributed by atoms with Crippen LogP contribution in [0.2, 0.25) is 0 Å². The minimum atomic E-state index is 0. The van der Waals surface area contributed by atoms with Gasteiger partial charge in [-0.05, 0) is 32.1 Å². The Morgan fingerprint density at radius 3 is 2.75 bits per heavy atom. The van der Waals surface area contributed by atoms with Crippen molar-refractivity contribution < 1.29 is 0 Å². The molecule has 114 valence electrons. The fourth-order valence-electron chi connectivity index (χ4n) is 1.78. The lowest BCUT2D eigenvalue weighted by molar-refractivity contribution is 0.803. The van der Waals surface area contributed by atoms with Crippen LogP contribution in [-0.4, -0.2) is 37.6 Å². The van der Waals surface area contributed by atoms with Gasteiger partial charge in [-0.25, -0.2) is 0 Å². The molecule has 0 aliphatic heterocycles. The van der Waals surface area contributed by atoms with Crippen LogP contribution >= 0.6 is 35.7 Å². The van der Waals surface area contributed by atoms with E-state index in [1.54, 1.807) is 0 Å². The molecule has 0 bridgehead atoms. The molecule has 0 saturated carbocycles. The highest BCUT2D eigenvalue weighted by Crippen LogP contribution is 2.03. The third-order valence-electron chi connectivity index (χ3n) is 2.70. The molecule has 0 spiro atoms. The van der Waals surface area contributed by atoms with Gasteiger partial charge in [0.2, 0.25) is 0 Å². The molecule has 1 aromatic rings. The van der Waals surface area contributed by atoms with E-state index in [-0.39, 0.29) is 24.0 Å². The van der Waals surface area contributed by atoms with Gasteiger partial charge in [-0.3, -0.25) is 4.99 Å². The minimum absolute atomic E-state index is 0. The number of nitrogens with zero attached hydrogens (tertiary/aromatic N) is 1. The van der Waals surface area contributed by atoms with Gasteiger partial charge in [-0.15, -0.1) is 24.0 Å².